The van der Waals surface area contributed by atoms with Gasteiger partial charge in [-0.05, 0) is 61.7 Å². The van der Waals surface area contributed by atoms with E-state index in [1.54, 1.807) is 36.6 Å². The monoisotopic (exact) mass is 546 g/mol. The van der Waals surface area contributed by atoms with Crippen LogP contribution in [0.3, 0.4) is 0 Å². The van der Waals surface area contributed by atoms with Crippen LogP contribution < -0.4 is 5.32 Å². The molecule has 4 rings (SSSR count). The van der Waals surface area contributed by atoms with Crippen molar-refractivity contribution >= 4 is 49.8 Å². The number of sulfonamides is 1. The van der Waals surface area contributed by atoms with Crippen molar-refractivity contribution in [2.45, 2.75) is 37.5 Å². The number of hydrogen-bond acceptors (Lipinski definition) is 6. The predicted octanol–water partition coefficient (Wildman–Crippen LogP) is 6.06. The Kier molecular flexibility index (Phi) is 8.46. The van der Waals surface area contributed by atoms with Crippen molar-refractivity contribution < 1.29 is 22.7 Å². The summed E-state index contributed by atoms with van der Waals surface area (Å²) >= 11 is 7.21. The molecule has 1 N–H and O–H groups in total. The summed E-state index contributed by atoms with van der Waals surface area (Å²) < 4.78 is 32.8. The van der Waals surface area contributed by atoms with E-state index >= 15 is 0 Å². The summed E-state index contributed by atoms with van der Waals surface area (Å²) in [6, 6.07) is 12.9. The number of esters is 1. The molecule has 2 heterocycles. The second-order valence-corrected chi connectivity index (χ2v) is 11.6. The third kappa shape index (κ3) is 5.81. The molecule has 2 aromatic carbocycles. The first kappa shape index (κ1) is 26.3. The Labute approximate surface area is 220 Å². The molecular formula is C26H27ClN2O5S2. The summed E-state index contributed by atoms with van der Waals surface area (Å²) in [4.78, 5) is 25.9. The molecule has 1 saturated heterocycles. The molecule has 0 aliphatic carbocycles. The molecule has 0 atom stereocenters. The highest BCUT2D eigenvalue weighted by atomic mass is 35.5. The van der Waals surface area contributed by atoms with Gasteiger partial charge in [-0.25, -0.2) is 13.2 Å². The number of anilines is 1. The lowest BCUT2D eigenvalue weighted by atomic mass is 10.0. The standard InChI is InChI=1S/C26H27ClN2O5S2/c1-2-34-26(31)23-22(18-7-11-20(27)12-8-18)17-35-25(23)28-24(30)19-9-13-21(14-10-19)36(32,33)29-15-5-3-4-6-16-29/h7-14,17H,2-6,15-16H2,1H3,(H,28,30). The molecule has 0 saturated carbocycles. The lowest BCUT2D eigenvalue weighted by molar-refractivity contribution is 0.0529. The summed E-state index contributed by atoms with van der Waals surface area (Å²) in [5.41, 5.74) is 1.94. The number of rotatable bonds is 7. The zero-order valence-corrected chi connectivity index (χ0v) is 22.2. The minimum absolute atomic E-state index is 0.161. The predicted molar refractivity (Wildman–Crippen MR) is 142 cm³/mol. The zero-order chi connectivity index (χ0) is 25.7. The van der Waals surface area contributed by atoms with Gasteiger partial charge in [-0.1, -0.05) is 36.6 Å². The summed E-state index contributed by atoms with van der Waals surface area (Å²) in [5.74, 6) is -0.998. The largest absolute Gasteiger partial charge is 0.462 e. The number of amides is 1. The molecule has 0 spiro atoms. The number of carbonyl (C=O) groups excluding carboxylic acids is 2. The summed E-state index contributed by atoms with van der Waals surface area (Å²) in [6.45, 7) is 2.92. The van der Waals surface area contributed by atoms with E-state index in [4.69, 9.17) is 16.3 Å². The lowest BCUT2D eigenvalue weighted by Gasteiger charge is -2.20. The van der Waals surface area contributed by atoms with Crippen LogP contribution in [0.5, 0.6) is 0 Å². The molecule has 1 aliphatic rings. The van der Waals surface area contributed by atoms with Crippen LogP contribution in [0.1, 0.15) is 53.3 Å². The lowest BCUT2D eigenvalue weighted by Crippen LogP contribution is -2.31. The minimum Gasteiger partial charge on any atom is -0.462 e. The molecule has 0 radical (unpaired) electrons. The van der Waals surface area contributed by atoms with Crippen LogP contribution in [-0.2, 0) is 14.8 Å². The molecule has 1 fully saturated rings. The van der Waals surface area contributed by atoms with Gasteiger partial charge in [0.15, 0.2) is 0 Å². The van der Waals surface area contributed by atoms with Crippen molar-refractivity contribution in [3.05, 3.63) is 70.1 Å². The number of ether oxygens (including phenoxy) is 1. The number of thiophene rings is 1. The Hall–Kier alpha value is -2.72. The average Bonchev–Trinajstić information content (AvgIpc) is 3.08. The summed E-state index contributed by atoms with van der Waals surface area (Å²) in [5, 5.41) is 5.49. The van der Waals surface area contributed by atoms with Crippen LogP contribution >= 0.6 is 22.9 Å². The number of carbonyl (C=O) groups is 2. The van der Waals surface area contributed by atoms with E-state index in [2.05, 4.69) is 5.32 Å². The fourth-order valence-electron chi connectivity index (χ4n) is 4.08. The maximum atomic E-state index is 13.0. The Morgan fingerprint density at radius 2 is 1.64 bits per heavy atom. The maximum Gasteiger partial charge on any atom is 0.341 e. The topological polar surface area (TPSA) is 92.8 Å². The van der Waals surface area contributed by atoms with Gasteiger partial charge in [-0.2, -0.15) is 4.31 Å². The Morgan fingerprint density at radius 3 is 2.25 bits per heavy atom. The smallest absolute Gasteiger partial charge is 0.341 e. The van der Waals surface area contributed by atoms with Crippen LogP contribution in [0.2, 0.25) is 5.02 Å². The van der Waals surface area contributed by atoms with Crippen molar-refractivity contribution in [3.63, 3.8) is 0 Å². The number of halogens is 1. The van der Waals surface area contributed by atoms with Crippen LogP contribution in [0.15, 0.2) is 58.8 Å². The van der Waals surface area contributed by atoms with Crippen molar-refractivity contribution in [1.82, 2.24) is 4.31 Å². The van der Waals surface area contributed by atoms with E-state index in [9.17, 15) is 18.0 Å². The molecule has 10 heteroatoms. The number of nitrogens with zero attached hydrogens (tertiary/aromatic N) is 1. The van der Waals surface area contributed by atoms with Crippen LogP contribution in [-0.4, -0.2) is 44.3 Å². The maximum absolute atomic E-state index is 13.0. The molecule has 3 aromatic rings. The van der Waals surface area contributed by atoms with Gasteiger partial charge in [0.1, 0.15) is 10.6 Å². The molecule has 0 unspecified atom stereocenters. The van der Waals surface area contributed by atoms with Gasteiger partial charge in [0.2, 0.25) is 10.0 Å². The molecule has 0 bridgehead atoms. The van der Waals surface area contributed by atoms with E-state index in [1.807, 2.05) is 0 Å². The molecular weight excluding hydrogens is 520 g/mol. The van der Waals surface area contributed by atoms with Gasteiger partial charge < -0.3 is 10.1 Å². The highest BCUT2D eigenvalue weighted by Gasteiger charge is 2.26. The van der Waals surface area contributed by atoms with E-state index in [0.717, 1.165) is 31.2 Å². The summed E-state index contributed by atoms with van der Waals surface area (Å²) in [6.07, 6.45) is 3.76. The van der Waals surface area contributed by atoms with Gasteiger partial charge in [-0.3, -0.25) is 4.79 Å². The number of nitrogens with one attached hydrogen (secondary N) is 1. The van der Waals surface area contributed by atoms with Gasteiger partial charge in [-0.15, -0.1) is 11.3 Å². The first-order valence-electron chi connectivity index (χ1n) is 11.8. The van der Waals surface area contributed by atoms with Crippen molar-refractivity contribution in [3.8, 4) is 11.1 Å². The van der Waals surface area contributed by atoms with E-state index in [-0.39, 0.29) is 22.6 Å². The van der Waals surface area contributed by atoms with E-state index < -0.39 is 21.9 Å². The SMILES string of the molecule is CCOC(=O)c1c(-c2ccc(Cl)cc2)csc1NC(=O)c1ccc(S(=O)(=O)N2CCCCCC2)cc1. The average molecular weight is 547 g/mol. The second-order valence-electron chi connectivity index (χ2n) is 8.38. The first-order valence-corrected chi connectivity index (χ1v) is 14.5. The molecule has 1 amide bonds. The first-order chi connectivity index (χ1) is 17.3. The van der Waals surface area contributed by atoms with Crippen molar-refractivity contribution in [2.24, 2.45) is 0 Å². The quantitative estimate of drug-likeness (QED) is 0.363. The minimum atomic E-state index is -3.61. The molecule has 1 aromatic heterocycles. The van der Waals surface area contributed by atoms with Crippen molar-refractivity contribution in [1.29, 1.82) is 0 Å². The second kappa shape index (κ2) is 11.6. The van der Waals surface area contributed by atoms with Crippen LogP contribution in [0.4, 0.5) is 5.00 Å². The molecule has 36 heavy (non-hydrogen) atoms. The van der Waals surface area contributed by atoms with Gasteiger partial charge in [0.25, 0.3) is 5.91 Å². The number of benzene rings is 2. The van der Waals surface area contributed by atoms with Gasteiger partial charge in [0, 0.05) is 34.6 Å². The van der Waals surface area contributed by atoms with Gasteiger partial charge in [0.05, 0.1) is 11.5 Å². The van der Waals surface area contributed by atoms with E-state index in [1.165, 1.54) is 39.9 Å². The fraction of sp³-hybridized carbons (Fsp3) is 0.308. The Balaban J connectivity index is 1.57. The summed E-state index contributed by atoms with van der Waals surface area (Å²) in [7, 11) is -3.61. The van der Waals surface area contributed by atoms with E-state index in [0.29, 0.717) is 28.7 Å². The highest BCUT2D eigenvalue weighted by Crippen LogP contribution is 2.37. The third-order valence-corrected chi connectivity index (χ3v) is 9.03. The van der Waals surface area contributed by atoms with Crippen LogP contribution in [0, 0.1) is 0 Å². The Morgan fingerprint density at radius 1 is 1.00 bits per heavy atom. The molecule has 190 valence electrons. The number of hydrogen-bond donors (Lipinski definition) is 1. The fourth-order valence-corrected chi connectivity index (χ4v) is 6.68. The van der Waals surface area contributed by atoms with Crippen LogP contribution in [0.25, 0.3) is 11.1 Å². The Bertz CT molecular complexity index is 1330. The highest BCUT2D eigenvalue weighted by molar-refractivity contribution is 7.89. The van der Waals surface area contributed by atoms with Crippen molar-refractivity contribution in [2.75, 3.05) is 25.0 Å². The zero-order valence-electron chi connectivity index (χ0n) is 19.8. The molecule has 1 aliphatic heterocycles. The third-order valence-electron chi connectivity index (χ3n) is 5.97. The van der Waals surface area contributed by atoms with Gasteiger partial charge >= 0.3 is 5.97 Å². The molecule has 7 nitrogen and oxygen atoms in total. The normalized spacial score (nSPS) is 14.7.